The van der Waals surface area contributed by atoms with Gasteiger partial charge in [-0.05, 0) is 44.1 Å². The lowest BCUT2D eigenvalue weighted by molar-refractivity contribution is -0.117. The van der Waals surface area contributed by atoms with Gasteiger partial charge in [-0.15, -0.1) is 0 Å². The van der Waals surface area contributed by atoms with Crippen molar-refractivity contribution in [1.29, 1.82) is 0 Å². The highest BCUT2D eigenvalue weighted by atomic mass is 35.5. The molecule has 0 saturated heterocycles. The van der Waals surface area contributed by atoms with Crippen LogP contribution in [0.2, 0.25) is 5.02 Å². The molecule has 4 nitrogen and oxygen atoms in total. The highest BCUT2D eigenvalue weighted by molar-refractivity contribution is 6.33. The fourth-order valence-corrected chi connectivity index (χ4v) is 2.10. The summed E-state index contributed by atoms with van der Waals surface area (Å²) in [6, 6.07) is 5.06. The number of benzene rings is 1. The van der Waals surface area contributed by atoms with E-state index in [-0.39, 0.29) is 5.91 Å². The number of carbonyl (C=O) groups is 1. The Balaban J connectivity index is 2.60. The van der Waals surface area contributed by atoms with E-state index >= 15 is 0 Å². The first kappa shape index (κ1) is 15.8. The molecule has 0 atom stereocenters. The number of hydrogen-bond acceptors (Lipinski definition) is 3. The molecule has 0 spiro atoms. The molecule has 1 rings (SSSR count). The van der Waals surface area contributed by atoms with E-state index in [4.69, 9.17) is 17.3 Å². The Morgan fingerprint density at radius 2 is 1.95 bits per heavy atom. The fourth-order valence-electron chi connectivity index (χ4n) is 1.93. The molecule has 3 N–H and O–H groups in total. The quantitative estimate of drug-likeness (QED) is 0.757. The summed E-state index contributed by atoms with van der Waals surface area (Å²) in [4.78, 5) is 14.1. The number of nitrogens with zero attached hydrogens (tertiary/aromatic N) is 1. The summed E-state index contributed by atoms with van der Waals surface area (Å²) in [6.45, 7) is 6.44. The molecule has 0 bridgehead atoms. The minimum Gasteiger partial charge on any atom is -0.399 e. The molecule has 0 aromatic heterocycles. The molecule has 0 saturated carbocycles. The van der Waals surface area contributed by atoms with Gasteiger partial charge in [0.05, 0.1) is 17.3 Å². The Hall–Kier alpha value is -1.26. The summed E-state index contributed by atoms with van der Waals surface area (Å²) in [7, 11) is 0. The zero-order valence-corrected chi connectivity index (χ0v) is 12.3. The van der Waals surface area contributed by atoms with Crippen LogP contribution >= 0.6 is 11.6 Å². The van der Waals surface area contributed by atoms with E-state index in [0.717, 1.165) is 25.9 Å². The summed E-state index contributed by atoms with van der Waals surface area (Å²) in [5.41, 5.74) is 6.83. The Kier molecular flexibility index (Phi) is 6.67. The van der Waals surface area contributed by atoms with Gasteiger partial charge in [0, 0.05) is 5.69 Å². The number of amides is 1. The molecule has 0 aliphatic heterocycles. The zero-order chi connectivity index (χ0) is 14.3. The molecule has 1 aromatic carbocycles. The smallest absolute Gasteiger partial charge is 0.238 e. The molecule has 0 unspecified atom stereocenters. The molecule has 0 fully saturated rings. The second-order valence-corrected chi connectivity index (χ2v) is 4.97. The first-order valence-corrected chi connectivity index (χ1v) is 7.01. The molecule has 0 aliphatic rings. The van der Waals surface area contributed by atoms with Crippen molar-refractivity contribution in [3.05, 3.63) is 23.2 Å². The monoisotopic (exact) mass is 283 g/mol. The van der Waals surface area contributed by atoms with Crippen LogP contribution in [0.3, 0.4) is 0 Å². The van der Waals surface area contributed by atoms with E-state index in [2.05, 4.69) is 24.1 Å². The zero-order valence-electron chi connectivity index (χ0n) is 11.6. The van der Waals surface area contributed by atoms with Gasteiger partial charge in [0.15, 0.2) is 0 Å². The minimum absolute atomic E-state index is 0.0607. The highest BCUT2D eigenvalue weighted by Gasteiger charge is 2.11. The van der Waals surface area contributed by atoms with Gasteiger partial charge in [0.25, 0.3) is 0 Å². The largest absolute Gasteiger partial charge is 0.399 e. The van der Waals surface area contributed by atoms with Gasteiger partial charge in [-0.3, -0.25) is 9.69 Å². The molecule has 106 valence electrons. The summed E-state index contributed by atoms with van der Waals surface area (Å²) >= 11 is 6.02. The normalized spacial score (nSPS) is 10.7. The molecular weight excluding hydrogens is 262 g/mol. The van der Waals surface area contributed by atoms with Crippen LogP contribution in [0.1, 0.15) is 26.7 Å². The molecule has 0 heterocycles. The average molecular weight is 284 g/mol. The third-order valence-corrected chi connectivity index (χ3v) is 3.04. The highest BCUT2D eigenvalue weighted by Crippen LogP contribution is 2.23. The molecule has 1 aromatic rings. The number of carbonyl (C=O) groups excluding carboxylic acids is 1. The molecule has 19 heavy (non-hydrogen) atoms. The molecule has 0 radical (unpaired) electrons. The Bertz CT molecular complexity index is 417. The minimum atomic E-state index is -0.0607. The van der Waals surface area contributed by atoms with Crippen molar-refractivity contribution in [3.63, 3.8) is 0 Å². The molecule has 5 heteroatoms. The number of nitrogen functional groups attached to an aromatic ring is 1. The van der Waals surface area contributed by atoms with Crippen LogP contribution in [0.5, 0.6) is 0 Å². The Labute approximate surface area is 119 Å². The van der Waals surface area contributed by atoms with Crippen molar-refractivity contribution in [1.82, 2.24) is 4.90 Å². The average Bonchev–Trinajstić information content (AvgIpc) is 2.34. The molecule has 0 aliphatic carbocycles. The van der Waals surface area contributed by atoms with Crippen molar-refractivity contribution in [2.24, 2.45) is 0 Å². The van der Waals surface area contributed by atoms with Crippen LogP contribution in [0.25, 0.3) is 0 Å². The second-order valence-electron chi connectivity index (χ2n) is 4.56. The summed E-state index contributed by atoms with van der Waals surface area (Å²) in [5, 5.41) is 3.31. The van der Waals surface area contributed by atoms with Gasteiger partial charge in [0.1, 0.15) is 0 Å². The van der Waals surface area contributed by atoms with Crippen LogP contribution in [0.15, 0.2) is 18.2 Å². The van der Waals surface area contributed by atoms with Crippen molar-refractivity contribution >= 4 is 28.9 Å². The van der Waals surface area contributed by atoms with Gasteiger partial charge in [-0.2, -0.15) is 0 Å². The summed E-state index contributed by atoms with van der Waals surface area (Å²) in [6.07, 6.45) is 2.07. The van der Waals surface area contributed by atoms with Gasteiger partial charge in [-0.1, -0.05) is 25.4 Å². The second kappa shape index (κ2) is 8.02. The van der Waals surface area contributed by atoms with Crippen LogP contribution in [-0.2, 0) is 4.79 Å². The predicted molar refractivity (Wildman–Crippen MR) is 81.5 cm³/mol. The number of nitrogens with one attached hydrogen (secondary N) is 1. The van der Waals surface area contributed by atoms with Gasteiger partial charge in [0.2, 0.25) is 5.91 Å². The Morgan fingerprint density at radius 1 is 1.32 bits per heavy atom. The third kappa shape index (κ3) is 5.49. The number of hydrogen-bond donors (Lipinski definition) is 2. The fraction of sp³-hybridized carbons (Fsp3) is 0.500. The van der Waals surface area contributed by atoms with E-state index in [1.807, 2.05) is 0 Å². The van der Waals surface area contributed by atoms with E-state index < -0.39 is 0 Å². The van der Waals surface area contributed by atoms with Crippen LogP contribution in [0.4, 0.5) is 11.4 Å². The third-order valence-electron chi connectivity index (χ3n) is 2.71. The SMILES string of the molecule is CCCN(CCC)CC(=O)Nc1cc(N)ccc1Cl. The van der Waals surface area contributed by atoms with Crippen LogP contribution < -0.4 is 11.1 Å². The van der Waals surface area contributed by atoms with Gasteiger partial charge in [-0.25, -0.2) is 0 Å². The van der Waals surface area contributed by atoms with Crippen molar-refractivity contribution in [2.75, 3.05) is 30.7 Å². The van der Waals surface area contributed by atoms with Gasteiger partial charge >= 0.3 is 0 Å². The number of halogens is 1. The maximum absolute atomic E-state index is 12.0. The van der Waals surface area contributed by atoms with Crippen LogP contribution in [-0.4, -0.2) is 30.4 Å². The molecular formula is C14H22ClN3O. The first-order chi connectivity index (χ1) is 9.06. The number of anilines is 2. The molecule has 1 amide bonds. The lowest BCUT2D eigenvalue weighted by Crippen LogP contribution is -2.34. The van der Waals surface area contributed by atoms with E-state index in [1.54, 1.807) is 18.2 Å². The predicted octanol–water partition coefficient (Wildman–Crippen LogP) is 2.98. The maximum atomic E-state index is 12.0. The Morgan fingerprint density at radius 3 is 2.53 bits per heavy atom. The summed E-state index contributed by atoms with van der Waals surface area (Å²) < 4.78 is 0. The van der Waals surface area contributed by atoms with E-state index in [9.17, 15) is 4.79 Å². The van der Waals surface area contributed by atoms with Crippen molar-refractivity contribution < 1.29 is 4.79 Å². The van der Waals surface area contributed by atoms with Crippen molar-refractivity contribution in [3.8, 4) is 0 Å². The van der Waals surface area contributed by atoms with Crippen molar-refractivity contribution in [2.45, 2.75) is 26.7 Å². The van der Waals surface area contributed by atoms with E-state index in [1.165, 1.54) is 0 Å². The summed E-state index contributed by atoms with van der Waals surface area (Å²) in [5.74, 6) is -0.0607. The number of rotatable bonds is 7. The standard InChI is InChI=1S/C14H22ClN3O/c1-3-7-18(8-4-2)10-14(19)17-13-9-11(16)5-6-12(13)15/h5-6,9H,3-4,7-8,10,16H2,1-2H3,(H,17,19). The van der Waals surface area contributed by atoms with E-state index in [0.29, 0.717) is 22.9 Å². The van der Waals surface area contributed by atoms with Crippen LogP contribution in [0, 0.1) is 0 Å². The lowest BCUT2D eigenvalue weighted by Gasteiger charge is -2.20. The lowest BCUT2D eigenvalue weighted by atomic mass is 10.2. The number of nitrogens with two attached hydrogens (primary N) is 1. The topological polar surface area (TPSA) is 58.4 Å². The van der Waals surface area contributed by atoms with Gasteiger partial charge < -0.3 is 11.1 Å². The first-order valence-electron chi connectivity index (χ1n) is 6.64. The maximum Gasteiger partial charge on any atom is 0.238 e.